The van der Waals surface area contributed by atoms with Crippen molar-refractivity contribution in [1.29, 1.82) is 0 Å². The second-order valence-electron chi connectivity index (χ2n) is 2.63. The standard InChI is InChI=1S/C7H6O2.C5H4N.Cu/c8-7(9)6-4-2-1-3-5-6;1-2-4-6-5-3-1;/h1-5H,(H,8,9);1-4H;/q;-1;+1. The minimum Gasteiger partial charge on any atom is -0.478 e. The molecule has 1 aromatic carbocycles. The van der Waals surface area contributed by atoms with Gasteiger partial charge in [-0.25, -0.2) is 4.79 Å². The molecule has 1 aromatic heterocycles. The molecule has 2 rings (SSSR count). The number of rotatable bonds is 1. The summed E-state index contributed by atoms with van der Waals surface area (Å²) in [5.41, 5.74) is 0.331. The van der Waals surface area contributed by atoms with Gasteiger partial charge in [-0.05, 0) is 12.1 Å². The van der Waals surface area contributed by atoms with Gasteiger partial charge in [0, 0.05) is 0 Å². The molecule has 0 bridgehead atoms. The quantitative estimate of drug-likeness (QED) is 0.634. The molecular weight excluding hydrogens is 254 g/mol. The van der Waals surface area contributed by atoms with E-state index in [1.165, 1.54) is 0 Å². The Bertz CT molecular complexity index is 366. The van der Waals surface area contributed by atoms with Crippen LogP contribution in [-0.4, -0.2) is 16.1 Å². The van der Waals surface area contributed by atoms with Crippen LogP contribution in [0.25, 0.3) is 0 Å². The maximum atomic E-state index is 10.2. The van der Waals surface area contributed by atoms with Gasteiger partial charge in [0.05, 0.1) is 5.56 Å². The molecule has 0 radical (unpaired) electrons. The summed E-state index contributed by atoms with van der Waals surface area (Å²) < 4.78 is 0. The molecule has 0 atom stereocenters. The molecule has 1 N–H and O–H groups in total. The number of carboxylic acids is 1. The Morgan fingerprint density at radius 1 is 1.12 bits per heavy atom. The van der Waals surface area contributed by atoms with Crippen molar-refractivity contribution in [3.63, 3.8) is 0 Å². The fraction of sp³-hybridized carbons (Fsp3) is 0. The van der Waals surface area contributed by atoms with Crippen LogP contribution in [0.3, 0.4) is 0 Å². The van der Waals surface area contributed by atoms with Crippen molar-refractivity contribution >= 4 is 5.97 Å². The van der Waals surface area contributed by atoms with Crippen molar-refractivity contribution in [2.75, 3.05) is 0 Å². The molecule has 0 fully saturated rings. The maximum absolute atomic E-state index is 10.2. The molecule has 0 aliphatic rings. The van der Waals surface area contributed by atoms with Gasteiger partial charge in [0.1, 0.15) is 0 Å². The Morgan fingerprint density at radius 2 is 1.81 bits per heavy atom. The van der Waals surface area contributed by atoms with Crippen LogP contribution >= 0.6 is 0 Å². The summed E-state index contributed by atoms with van der Waals surface area (Å²) in [6.45, 7) is 0. The zero-order chi connectivity index (χ0) is 10.9. The van der Waals surface area contributed by atoms with Crippen LogP contribution < -0.4 is 0 Å². The van der Waals surface area contributed by atoms with Crippen molar-refractivity contribution in [3.05, 3.63) is 66.5 Å². The molecule has 0 aliphatic heterocycles. The molecule has 0 unspecified atom stereocenters. The zero-order valence-electron chi connectivity index (χ0n) is 8.30. The molecule has 0 saturated heterocycles. The number of hydrogen-bond acceptors (Lipinski definition) is 2. The predicted molar refractivity (Wildman–Crippen MR) is 56.5 cm³/mol. The third kappa shape index (κ3) is 5.96. The molecule has 0 aliphatic carbocycles. The molecule has 3 nitrogen and oxygen atoms in total. The number of nitrogens with zero attached hydrogens (tertiary/aromatic N) is 1. The third-order valence-electron chi connectivity index (χ3n) is 1.54. The van der Waals surface area contributed by atoms with Gasteiger partial charge in [0.2, 0.25) is 0 Å². The van der Waals surface area contributed by atoms with E-state index in [-0.39, 0.29) is 17.1 Å². The smallest absolute Gasteiger partial charge is 0.478 e. The normalized spacial score (nSPS) is 8.00. The summed E-state index contributed by atoms with van der Waals surface area (Å²) in [6, 6.07) is 13.8. The summed E-state index contributed by atoms with van der Waals surface area (Å²) in [6.07, 6.45) is 4.34. The van der Waals surface area contributed by atoms with Gasteiger partial charge in [0.15, 0.2) is 0 Å². The van der Waals surface area contributed by atoms with E-state index in [1.54, 1.807) is 42.6 Å². The summed E-state index contributed by atoms with van der Waals surface area (Å²) in [7, 11) is 0. The molecule has 0 spiro atoms. The van der Waals surface area contributed by atoms with Crippen molar-refractivity contribution in [2.24, 2.45) is 0 Å². The average molecular weight is 264 g/mol. The largest absolute Gasteiger partial charge is 1.00 e. The Hall–Kier alpha value is -1.64. The summed E-state index contributed by atoms with van der Waals surface area (Å²) >= 11 is 0. The number of aromatic carboxylic acids is 1. The summed E-state index contributed by atoms with van der Waals surface area (Å²) in [5, 5.41) is 8.38. The molecule has 1 heterocycles. The SMILES string of the molecule is O=C(O)c1ccccc1.[Cu+].[c-]1ccccn1. The fourth-order valence-electron chi connectivity index (χ4n) is 0.858. The van der Waals surface area contributed by atoms with Crippen LogP contribution in [0.15, 0.2) is 54.7 Å². The molecular formula is C12H10CuNO2. The zero-order valence-corrected chi connectivity index (χ0v) is 9.24. The molecule has 0 saturated carbocycles. The van der Waals surface area contributed by atoms with Crippen molar-refractivity contribution in [1.82, 2.24) is 4.98 Å². The summed E-state index contributed by atoms with van der Waals surface area (Å²) in [5.74, 6) is -0.879. The van der Waals surface area contributed by atoms with Gasteiger partial charge in [-0.15, -0.1) is 0 Å². The molecule has 86 valence electrons. The number of pyridine rings is 1. The molecule has 2 aromatic rings. The van der Waals surface area contributed by atoms with Crippen LogP contribution in [0.4, 0.5) is 0 Å². The Morgan fingerprint density at radius 3 is 2.06 bits per heavy atom. The predicted octanol–water partition coefficient (Wildman–Crippen LogP) is 2.26. The summed E-state index contributed by atoms with van der Waals surface area (Å²) in [4.78, 5) is 13.9. The monoisotopic (exact) mass is 263 g/mol. The first-order chi connectivity index (χ1) is 7.30. The van der Waals surface area contributed by atoms with Gasteiger partial charge in [0.25, 0.3) is 0 Å². The van der Waals surface area contributed by atoms with Crippen molar-refractivity contribution < 1.29 is 27.0 Å². The second kappa shape index (κ2) is 8.65. The number of carbonyl (C=O) groups is 1. The molecule has 4 heteroatoms. The van der Waals surface area contributed by atoms with E-state index in [0.29, 0.717) is 5.56 Å². The minimum absolute atomic E-state index is 0. The van der Waals surface area contributed by atoms with E-state index >= 15 is 0 Å². The molecule has 16 heavy (non-hydrogen) atoms. The van der Waals surface area contributed by atoms with Crippen molar-refractivity contribution in [3.8, 4) is 0 Å². The first-order valence-electron chi connectivity index (χ1n) is 4.36. The van der Waals surface area contributed by atoms with Gasteiger partial charge in [-0.1, -0.05) is 30.6 Å². The minimum atomic E-state index is -0.879. The van der Waals surface area contributed by atoms with E-state index in [4.69, 9.17) is 5.11 Å². The van der Waals surface area contributed by atoms with E-state index in [9.17, 15) is 4.79 Å². The van der Waals surface area contributed by atoms with Gasteiger partial charge in [-0.3, -0.25) is 0 Å². The second-order valence-corrected chi connectivity index (χ2v) is 2.63. The van der Waals surface area contributed by atoms with E-state index in [2.05, 4.69) is 11.2 Å². The van der Waals surface area contributed by atoms with E-state index < -0.39 is 5.97 Å². The fourth-order valence-corrected chi connectivity index (χ4v) is 0.858. The number of hydrogen-bond donors (Lipinski definition) is 1. The first kappa shape index (κ1) is 14.4. The van der Waals surface area contributed by atoms with Gasteiger partial charge >= 0.3 is 23.0 Å². The van der Waals surface area contributed by atoms with Gasteiger partial charge < -0.3 is 10.1 Å². The van der Waals surface area contributed by atoms with Crippen LogP contribution in [-0.2, 0) is 17.1 Å². The topological polar surface area (TPSA) is 50.2 Å². The van der Waals surface area contributed by atoms with Crippen LogP contribution in [0.2, 0.25) is 0 Å². The van der Waals surface area contributed by atoms with Gasteiger partial charge in [-0.2, -0.15) is 18.2 Å². The number of benzene rings is 1. The van der Waals surface area contributed by atoms with Crippen LogP contribution in [0.5, 0.6) is 0 Å². The number of carboxylic acid groups (broad SMARTS) is 1. The first-order valence-corrected chi connectivity index (χ1v) is 4.36. The van der Waals surface area contributed by atoms with Crippen LogP contribution in [0, 0.1) is 6.20 Å². The number of aromatic nitrogens is 1. The maximum Gasteiger partial charge on any atom is 1.00 e. The Kier molecular flexibility index (Phi) is 7.76. The Balaban J connectivity index is 0.000000283. The average Bonchev–Trinajstić information content (AvgIpc) is 2.33. The van der Waals surface area contributed by atoms with E-state index in [1.807, 2.05) is 12.1 Å². The molecule has 0 amide bonds. The third-order valence-corrected chi connectivity index (χ3v) is 1.54. The van der Waals surface area contributed by atoms with E-state index in [0.717, 1.165) is 0 Å². The Labute approximate surface area is 105 Å². The van der Waals surface area contributed by atoms with Crippen molar-refractivity contribution in [2.45, 2.75) is 0 Å². The van der Waals surface area contributed by atoms with Crippen LogP contribution in [0.1, 0.15) is 10.4 Å².